The van der Waals surface area contributed by atoms with Crippen LogP contribution in [0.1, 0.15) is 53.4 Å². The van der Waals surface area contributed by atoms with Crippen LogP contribution in [0.4, 0.5) is 0 Å². The highest BCUT2D eigenvalue weighted by Gasteiger charge is 2.12. The first-order valence-electron chi connectivity index (χ1n) is 6.84. The molecule has 102 valence electrons. The number of hydrogen-bond acceptors (Lipinski definition) is 3. The third-order valence-corrected chi connectivity index (χ3v) is 3.36. The maximum Gasteiger partial charge on any atom is 0.305 e. The molecule has 0 rings (SSSR count). The van der Waals surface area contributed by atoms with Crippen LogP contribution in [0.3, 0.4) is 0 Å². The molecule has 0 aliphatic heterocycles. The summed E-state index contributed by atoms with van der Waals surface area (Å²) in [5.41, 5.74) is 0. The minimum Gasteiger partial charge on any atom is -0.466 e. The zero-order valence-corrected chi connectivity index (χ0v) is 12.2. The topological polar surface area (TPSA) is 29.5 Å². The summed E-state index contributed by atoms with van der Waals surface area (Å²) in [5, 5.41) is 0. The molecule has 0 spiro atoms. The lowest BCUT2D eigenvalue weighted by Gasteiger charge is -2.27. The molecule has 0 aromatic carbocycles. The maximum absolute atomic E-state index is 11.1. The third kappa shape index (κ3) is 8.19. The van der Waals surface area contributed by atoms with Crippen LogP contribution in [-0.4, -0.2) is 37.1 Å². The van der Waals surface area contributed by atoms with E-state index >= 15 is 0 Å². The van der Waals surface area contributed by atoms with Crippen molar-refractivity contribution < 1.29 is 9.53 Å². The normalized spacial score (nSPS) is 13.1. The molecule has 3 heteroatoms. The summed E-state index contributed by atoms with van der Waals surface area (Å²) in [6.45, 7) is 10.2. The molecule has 0 aliphatic rings. The lowest BCUT2D eigenvalue weighted by atomic mass is 10.0. The predicted molar refractivity (Wildman–Crippen MR) is 72.0 cm³/mol. The standard InChI is InChI=1S/C14H29NO2/c1-6-17-14(16)10-8-7-9-11-15(5)13(4)12(2)3/h12-13H,6-11H2,1-5H3. The van der Waals surface area contributed by atoms with Gasteiger partial charge in [0.25, 0.3) is 0 Å². The summed E-state index contributed by atoms with van der Waals surface area (Å²) < 4.78 is 4.89. The van der Waals surface area contributed by atoms with Crippen molar-refractivity contribution in [2.45, 2.75) is 59.4 Å². The summed E-state index contributed by atoms with van der Waals surface area (Å²) >= 11 is 0. The van der Waals surface area contributed by atoms with Crippen LogP contribution in [0.5, 0.6) is 0 Å². The van der Waals surface area contributed by atoms with E-state index in [1.807, 2.05) is 6.92 Å². The Bertz CT molecular complexity index is 204. The summed E-state index contributed by atoms with van der Waals surface area (Å²) in [6, 6.07) is 0.625. The van der Waals surface area contributed by atoms with E-state index in [-0.39, 0.29) is 5.97 Å². The summed E-state index contributed by atoms with van der Waals surface area (Å²) in [5.74, 6) is 0.635. The fraction of sp³-hybridized carbons (Fsp3) is 0.929. The molecule has 0 bridgehead atoms. The molecular formula is C14H29NO2. The van der Waals surface area contributed by atoms with E-state index in [1.165, 1.54) is 0 Å². The van der Waals surface area contributed by atoms with E-state index in [0.717, 1.165) is 25.8 Å². The Kier molecular flexibility index (Phi) is 9.14. The molecule has 0 fully saturated rings. The zero-order valence-electron chi connectivity index (χ0n) is 12.2. The molecule has 0 saturated heterocycles. The van der Waals surface area contributed by atoms with Crippen molar-refractivity contribution in [1.29, 1.82) is 0 Å². The molecule has 0 N–H and O–H groups in total. The SMILES string of the molecule is CCOC(=O)CCCCCN(C)C(C)C(C)C. The molecule has 1 atom stereocenters. The van der Waals surface area contributed by atoms with Gasteiger partial charge in [-0.25, -0.2) is 0 Å². The van der Waals surface area contributed by atoms with E-state index in [0.29, 0.717) is 25.0 Å². The minimum absolute atomic E-state index is 0.0589. The molecule has 0 radical (unpaired) electrons. The summed E-state index contributed by atoms with van der Waals surface area (Å²) in [4.78, 5) is 13.5. The number of rotatable bonds is 9. The predicted octanol–water partition coefficient (Wildman–Crippen LogP) is 3.09. The summed E-state index contributed by atoms with van der Waals surface area (Å²) in [6.07, 6.45) is 3.78. The highest BCUT2D eigenvalue weighted by Crippen LogP contribution is 2.10. The van der Waals surface area contributed by atoms with Crippen LogP contribution in [0.25, 0.3) is 0 Å². The fourth-order valence-electron chi connectivity index (χ4n) is 1.75. The summed E-state index contributed by atoms with van der Waals surface area (Å²) in [7, 11) is 2.18. The molecule has 1 unspecified atom stereocenters. The van der Waals surface area contributed by atoms with Gasteiger partial charge in [0.1, 0.15) is 0 Å². The molecule has 0 heterocycles. The van der Waals surface area contributed by atoms with Crippen LogP contribution in [0.2, 0.25) is 0 Å². The van der Waals surface area contributed by atoms with Crippen LogP contribution >= 0.6 is 0 Å². The Balaban J connectivity index is 3.48. The van der Waals surface area contributed by atoms with Gasteiger partial charge in [-0.2, -0.15) is 0 Å². The molecule has 0 saturated carbocycles. The highest BCUT2D eigenvalue weighted by molar-refractivity contribution is 5.69. The van der Waals surface area contributed by atoms with Gasteiger partial charge in [-0.15, -0.1) is 0 Å². The molecular weight excluding hydrogens is 214 g/mol. The Hall–Kier alpha value is -0.570. The van der Waals surface area contributed by atoms with Gasteiger partial charge < -0.3 is 9.64 Å². The smallest absolute Gasteiger partial charge is 0.305 e. The molecule has 0 aromatic heterocycles. The molecule has 0 aliphatic carbocycles. The number of carbonyl (C=O) groups is 1. The average molecular weight is 243 g/mol. The van der Waals surface area contributed by atoms with Gasteiger partial charge in [0.2, 0.25) is 0 Å². The second-order valence-electron chi connectivity index (χ2n) is 5.08. The first-order chi connectivity index (χ1) is 7.99. The van der Waals surface area contributed by atoms with Crippen LogP contribution < -0.4 is 0 Å². The Morgan fingerprint density at radius 2 is 1.82 bits per heavy atom. The van der Waals surface area contributed by atoms with E-state index in [4.69, 9.17) is 4.74 Å². The first kappa shape index (κ1) is 16.4. The van der Waals surface area contributed by atoms with Crippen molar-refractivity contribution in [3.8, 4) is 0 Å². The number of carbonyl (C=O) groups excluding carboxylic acids is 1. The van der Waals surface area contributed by atoms with Crippen LogP contribution in [0.15, 0.2) is 0 Å². The lowest BCUT2D eigenvalue weighted by molar-refractivity contribution is -0.143. The van der Waals surface area contributed by atoms with Gasteiger partial charge in [-0.05, 0) is 46.2 Å². The van der Waals surface area contributed by atoms with Crippen molar-refractivity contribution >= 4 is 5.97 Å². The number of esters is 1. The first-order valence-corrected chi connectivity index (χ1v) is 6.84. The monoisotopic (exact) mass is 243 g/mol. The zero-order chi connectivity index (χ0) is 13.3. The van der Waals surface area contributed by atoms with E-state index in [9.17, 15) is 4.79 Å². The highest BCUT2D eigenvalue weighted by atomic mass is 16.5. The number of ether oxygens (including phenoxy) is 1. The Morgan fingerprint density at radius 3 is 2.35 bits per heavy atom. The van der Waals surface area contributed by atoms with Crippen LogP contribution in [0, 0.1) is 5.92 Å². The van der Waals surface area contributed by atoms with Gasteiger partial charge in [-0.1, -0.05) is 20.3 Å². The second kappa shape index (κ2) is 9.46. The van der Waals surface area contributed by atoms with Crippen molar-refractivity contribution in [3.05, 3.63) is 0 Å². The average Bonchev–Trinajstić information content (AvgIpc) is 2.27. The van der Waals surface area contributed by atoms with Crippen molar-refractivity contribution in [2.75, 3.05) is 20.2 Å². The van der Waals surface area contributed by atoms with E-state index < -0.39 is 0 Å². The quantitative estimate of drug-likeness (QED) is 0.460. The van der Waals surface area contributed by atoms with Gasteiger partial charge in [-0.3, -0.25) is 4.79 Å². The molecule has 0 aromatic rings. The Labute approximate surface area is 107 Å². The van der Waals surface area contributed by atoms with E-state index in [2.05, 4.69) is 32.7 Å². The van der Waals surface area contributed by atoms with Crippen molar-refractivity contribution in [2.24, 2.45) is 5.92 Å². The minimum atomic E-state index is -0.0589. The number of hydrogen-bond donors (Lipinski definition) is 0. The van der Waals surface area contributed by atoms with Gasteiger partial charge >= 0.3 is 5.97 Å². The molecule has 3 nitrogen and oxygen atoms in total. The lowest BCUT2D eigenvalue weighted by Crippen LogP contribution is -2.33. The Morgan fingerprint density at radius 1 is 1.18 bits per heavy atom. The third-order valence-electron chi connectivity index (χ3n) is 3.36. The van der Waals surface area contributed by atoms with Gasteiger partial charge in [0.05, 0.1) is 6.61 Å². The second-order valence-corrected chi connectivity index (χ2v) is 5.08. The van der Waals surface area contributed by atoms with Gasteiger partial charge in [0, 0.05) is 12.5 Å². The van der Waals surface area contributed by atoms with Crippen molar-refractivity contribution in [3.63, 3.8) is 0 Å². The fourth-order valence-corrected chi connectivity index (χ4v) is 1.75. The largest absolute Gasteiger partial charge is 0.466 e. The number of unbranched alkanes of at least 4 members (excludes halogenated alkanes) is 2. The van der Waals surface area contributed by atoms with Crippen molar-refractivity contribution in [1.82, 2.24) is 4.90 Å². The molecule has 17 heavy (non-hydrogen) atoms. The maximum atomic E-state index is 11.1. The van der Waals surface area contributed by atoms with Crippen LogP contribution in [-0.2, 0) is 9.53 Å². The van der Waals surface area contributed by atoms with Gasteiger partial charge in [0.15, 0.2) is 0 Å². The number of nitrogens with zero attached hydrogens (tertiary/aromatic N) is 1. The van der Waals surface area contributed by atoms with E-state index in [1.54, 1.807) is 0 Å². The molecule has 0 amide bonds.